The van der Waals surface area contributed by atoms with Gasteiger partial charge in [-0.05, 0) is 37.0 Å². The number of rotatable bonds is 10. The van der Waals surface area contributed by atoms with Gasteiger partial charge in [0.2, 0.25) is 11.6 Å². The second-order valence-corrected chi connectivity index (χ2v) is 6.27. The molecule has 7 heteroatoms. The molecule has 0 saturated carbocycles. The Bertz CT molecular complexity index is 833. The normalized spacial score (nSPS) is 12.3. The molecule has 0 fully saturated rings. The summed E-state index contributed by atoms with van der Waals surface area (Å²) in [5.41, 5.74) is 0.169. The molecule has 0 aliphatic rings. The fraction of sp³-hybridized carbons (Fsp3) is 0.273. The quantitative estimate of drug-likeness (QED) is 0.200. The van der Waals surface area contributed by atoms with Crippen LogP contribution in [0.3, 0.4) is 0 Å². The molecule has 0 bridgehead atoms. The second kappa shape index (κ2) is 10.8. The molecule has 2 nitrogen and oxygen atoms in total. The fourth-order valence-electron chi connectivity index (χ4n) is 2.81. The van der Waals surface area contributed by atoms with Gasteiger partial charge in [0.1, 0.15) is 5.82 Å². The van der Waals surface area contributed by atoms with Gasteiger partial charge in [-0.25, -0.2) is 13.2 Å². The number of benzene rings is 2. The Hall–Kier alpha value is -2.67. The van der Waals surface area contributed by atoms with Crippen molar-refractivity contribution < 1.29 is 31.4 Å². The van der Waals surface area contributed by atoms with Crippen LogP contribution in [0.15, 0.2) is 49.1 Å². The standard InChI is InChI=1S/C22H21F5O2/c1-3-15(8-6-4-5-7-14-9-11-16(23)12-10-14)17-18(24)20(26)22(29-13-28-2)21(27)19(17)25/h3-5,9-12,15H,1,6-8,13H2,2H3/b5-4+. The van der Waals surface area contributed by atoms with Crippen molar-refractivity contribution in [2.24, 2.45) is 0 Å². The van der Waals surface area contributed by atoms with Crippen molar-refractivity contribution in [3.8, 4) is 5.75 Å². The van der Waals surface area contributed by atoms with Crippen LogP contribution in [0.5, 0.6) is 5.75 Å². The molecule has 0 aliphatic heterocycles. The molecule has 0 spiro atoms. The number of allylic oxidation sites excluding steroid dienone is 3. The van der Waals surface area contributed by atoms with Crippen molar-refractivity contribution in [3.05, 3.63) is 89.3 Å². The van der Waals surface area contributed by atoms with Gasteiger partial charge < -0.3 is 9.47 Å². The van der Waals surface area contributed by atoms with Crippen molar-refractivity contribution in [2.75, 3.05) is 13.9 Å². The number of ether oxygens (including phenoxy) is 2. The maximum atomic E-state index is 14.4. The van der Waals surface area contributed by atoms with Crippen molar-refractivity contribution in [3.63, 3.8) is 0 Å². The van der Waals surface area contributed by atoms with Crippen LogP contribution < -0.4 is 4.74 Å². The van der Waals surface area contributed by atoms with E-state index in [1.807, 2.05) is 6.08 Å². The van der Waals surface area contributed by atoms with E-state index in [2.05, 4.69) is 16.1 Å². The summed E-state index contributed by atoms with van der Waals surface area (Å²) in [6.07, 6.45) is 5.97. The number of hydrogen-bond donors (Lipinski definition) is 0. The lowest BCUT2D eigenvalue weighted by Gasteiger charge is -2.17. The highest BCUT2D eigenvalue weighted by molar-refractivity contribution is 5.37. The maximum absolute atomic E-state index is 14.4. The molecule has 0 aromatic heterocycles. The SMILES string of the molecule is C=CC(CC/C=C/Cc1ccc(F)cc1)c1c(F)c(F)c(OCOC)c(F)c1F. The highest BCUT2D eigenvalue weighted by atomic mass is 19.2. The third-order valence-electron chi connectivity index (χ3n) is 4.31. The smallest absolute Gasteiger partial charge is 0.204 e. The Morgan fingerprint density at radius 2 is 1.55 bits per heavy atom. The van der Waals surface area contributed by atoms with Gasteiger partial charge in [-0.15, -0.1) is 6.58 Å². The van der Waals surface area contributed by atoms with Gasteiger partial charge in [-0.3, -0.25) is 0 Å². The summed E-state index contributed by atoms with van der Waals surface area (Å²) in [6.45, 7) is 2.96. The average Bonchev–Trinajstić information content (AvgIpc) is 2.72. The summed E-state index contributed by atoms with van der Waals surface area (Å²) < 4.78 is 79.1. The van der Waals surface area contributed by atoms with Gasteiger partial charge >= 0.3 is 0 Å². The Morgan fingerprint density at radius 1 is 0.931 bits per heavy atom. The van der Waals surface area contributed by atoms with Crippen LogP contribution in [-0.2, 0) is 11.2 Å². The van der Waals surface area contributed by atoms with Gasteiger partial charge in [-0.1, -0.05) is 30.4 Å². The molecule has 0 radical (unpaired) electrons. The molecule has 1 atom stereocenters. The van der Waals surface area contributed by atoms with E-state index in [0.717, 1.165) is 5.56 Å². The molecule has 0 amide bonds. The Kier molecular flexibility index (Phi) is 8.39. The molecule has 1 unspecified atom stereocenters. The van der Waals surface area contributed by atoms with Crippen molar-refractivity contribution in [1.82, 2.24) is 0 Å². The largest absolute Gasteiger partial charge is 0.461 e. The molecule has 0 heterocycles. The van der Waals surface area contributed by atoms with Gasteiger partial charge in [0.15, 0.2) is 24.2 Å². The first kappa shape index (κ1) is 22.6. The highest BCUT2D eigenvalue weighted by Crippen LogP contribution is 2.36. The zero-order valence-electron chi connectivity index (χ0n) is 15.9. The summed E-state index contributed by atoms with van der Waals surface area (Å²) in [6, 6.07) is 6.00. The molecule has 0 aliphatic carbocycles. The van der Waals surface area contributed by atoms with E-state index in [4.69, 9.17) is 0 Å². The van der Waals surface area contributed by atoms with Crippen molar-refractivity contribution in [2.45, 2.75) is 25.2 Å². The monoisotopic (exact) mass is 412 g/mol. The topological polar surface area (TPSA) is 18.5 Å². The van der Waals surface area contributed by atoms with E-state index < -0.39 is 47.3 Å². The fourth-order valence-corrected chi connectivity index (χ4v) is 2.81. The van der Waals surface area contributed by atoms with Gasteiger partial charge in [-0.2, -0.15) is 8.78 Å². The van der Waals surface area contributed by atoms with E-state index in [0.29, 0.717) is 12.8 Å². The van der Waals surface area contributed by atoms with Gasteiger partial charge in [0.25, 0.3) is 0 Å². The maximum Gasteiger partial charge on any atom is 0.204 e. The molecule has 0 N–H and O–H groups in total. The molecule has 2 aromatic rings. The summed E-state index contributed by atoms with van der Waals surface area (Å²) in [5.74, 6) is -8.69. The van der Waals surface area contributed by atoms with Crippen LogP contribution >= 0.6 is 0 Å². The number of halogens is 5. The Labute approximate surface area is 166 Å². The van der Waals surface area contributed by atoms with E-state index in [1.165, 1.54) is 25.3 Å². The number of methoxy groups -OCH3 is 1. The molecule has 2 aromatic carbocycles. The van der Waals surface area contributed by atoms with E-state index >= 15 is 0 Å². The third-order valence-corrected chi connectivity index (χ3v) is 4.31. The third kappa shape index (κ3) is 5.67. The lowest BCUT2D eigenvalue weighted by atomic mass is 9.92. The second-order valence-electron chi connectivity index (χ2n) is 6.27. The minimum atomic E-state index is -1.62. The minimum Gasteiger partial charge on any atom is -0.461 e. The van der Waals surface area contributed by atoms with Crippen LogP contribution in [-0.4, -0.2) is 13.9 Å². The summed E-state index contributed by atoms with van der Waals surface area (Å²) >= 11 is 0. The van der Waals surface area contributed by atoms with Crippen molar-refractivity contribution in [1.29, 1.82) is 0 Å². The number of hydrogen-bond acceptors (Lipinski definition) is 2. The summed E-state index contributed by atoms with van der Waals surface area (Å²) in [5, 5.41) is 0. The molecular weight excluding hydrogens is 391 g/mol. The summed E-state index contributed by atoms with van der Waals surface area (Å²) in [7, 11) is 1.20. The lowest BCUT2D eigenvalue weighted by Crippen LogP contribution is -2.12. The average molecular weight is 412 g/mol. The van der Waals surface area contributed by atoms with Crippen LogP contribution in [0.2, 0.25) is 0 Å². The van der Waals surface area contributed by atoms with Crippen LogP contribution in [0, 0.1) is 29.1 Å². The van der Waals surface area contributed by atoms with Gasteiger partial charge in [0.05, 0.1) is 0 Å². The molecule has 156 valence electrons. The van der Waals surface area contributed by atoms with Crippen LogP contribution in [0.4, 0.5) is 22.0 Å². The lowest BCUT2D eigenvalue weighted by molar-refractivity contribution is 0.0439. The molecular formula is C22H21F5O2. The highest BCUT2D eigenvalue weighted by Gasteiger charge is 2.29. The van der Waals surface area contributed by atoms with Crippen LogP contribution in [0.25, 0.3) is 0 Å². The first-order valence-electron chi connectivity index (χ1n) is 8.90. The zero-order chi connectivity index (χ0) is 21.4. The summed E-state index contributed by atoms with van der Waals surface area (Å²) in [4.78, 5) is 0. The predicted molar refractivity (Wildman–Crippen MR) is 100 cm³/mol. The minimum absolute atomic E-state index is 0.189. The van der Waals surface area contributed by atoms with E-state index in [1.54, 1.807) is 18.2 Å². The zero-order valence-corrected chi connectivity index (χ0v) is 15.9. The van der Waals surface area contributed by atoms with Gasteiger partial charge in [0, 0.05) is 18.6 Å². The first-order valence-corrected chi connectivity index (χ1v) is 8.90. The molecule has 2 rings (SSSR count). The molecule has 0 saturated heterocycles. The van der Waals surface area contributed by atoms with Crippen LogP contribution in [0.1, 0.15) is 29.9 Å². The van der Waals surface area contributed by atoms with Crippen molar-refractivity contribution >= 4 is 0 Å². The predicted octanol–water partition coefficient (Wildman–Crippen LogP) is 6.21. The van der Waals surface area contributed by atoms with E-state index in [-0.39, 0.29) is 12.2 Å². The first-order chi connectivity index (χ1) is 13.9. The Morgan fingerprint density at radius 3 is 2.10 bits per heavy atom. The Balaban J connectivity index is 2.09. The van der Waals surface area contributed by atoms with E-state index in [9.17, 15) is 22.0 Å². The molecule has 29 heavy (non-hydrogen) atoms.